The quantitative estimate of drug-likeness (QED) is 0.773. The molecule has 4 N–H and O–H groups in total. The van der Waals surface area contributed by atoms with Crippen molar-refractivity contribution in [3.05, 3.63) is 35.4 Å². The Morgan fingerprint density at radius 2 is 1.76 bits per heavy atom. The highest BCUT2D eigenvalue weighted by atomic mass is 14.8. The van der Waals surface area contributed by atoms with Crippen LogP contribution < -0.4 is 11.5 Å². The van der Waals surface area contributed by atoms with Crippen LogP contribution in [0.25, 0.3) is 0 Å². The SMILES string of the molecule is NC[C@]1(N)CC[C@@H]2Cc3ccccc3C[C@H]2C1. The highest BCUT2D eigenvalue weighted by molar-refractivity contribution is 5.31. The monoisotopic (exact) mass is 230 g/mol. The minimum Gasteiger partial charge on any atom is -0.329 e. The first-order valence-corrected chi connectivity index (χ1v) is 6.76. The molecular formula is C15H22N2. The summed E-state index contributed by atoms with van der Waals surface area (Å²) >= 11 is 0. The summed E-state index contributed by atoms with van der Waals surface area (Å²) in [6, 6.07) is 8.88. The maximum atomic E-state index is 6.36. The van der Waals surface area contributed by atoms with Gasteiger partial charge in [-0.3, -0.25) is 0 Å². The largest absolute Gasteiger partial charge is 0.329 e. The van der Waals surface area contributed by atoms with Crippen LogP contribution in [0.15, 0.2) is 24.3 Å². The number of nitrogens with two attached hydrogens (primary N) is 2. The summed E-state index contributed by atoms with van der Waals surface area (Å²) in [6.45, 7) is 0.637. The molecule has 0 heterocycles. The van der Waals surface area contributed by atoms with Crippen molar-refractivity contribution in [3.63, 3.8) is 0 Å². The Balaban J connectivity index is 1.83. The second-order valence-corrected chi connectivity index (χ2v) is 6.01. The Kier molecular flexibility index (Phi) is 2.72. The van der Waals surface area contributed by atoms with Crippen LogP contribution in [0.4, 0.5) is 0 Å². The Morgan fingerprint density at radius 1 is 1.12 bits per heavy atom. The van der Waals surface area contributed by atoms with Crippen LogP contribution in [0, 0.1) is 11.8 Å². The molecule has 0 aromatic heterocycles. The second-order valence-electron chi connectivity index (χ2n) is 6.01. The van der Waals surface area contributed by atoms with Gasteiger partial charge in [-0.15, -0.1) is 0 Å². The first kappa shape index (κ1) is 11.2. The maximum Gasteiger partial charge on any atom is 0.0281 e. The summed E-state index contributed by atoms with van der Waals surface area (Å²) in [6.07, 6.45) is 5.93. The Bertz CT molecular complexity index is 415. The lowest BCUT2D eigenvalue weighted by atomic mass is 9.64. The summed E-state index contributed by atoms with van der Waals surface area (Å²) in [5.74, 6) is 1.60. The molecule has 3 atom stereocenters. The lowest BCUT2D eigenvalue weighted by molar-refractivity contribution is 0.146. The van der Waals surface area contributed by atoms with Gasteiger partial charge >= 0.3 is 0 Å². The summed E-state index contributed by atoms with van der Waals surface area (Å²) in [5.41, 5.74) is 15.2. The number of fused-ring (bicyclic) bond motifs is 2. The van der Waals surface area contributed by atoms with Gasteiger partial charge in [0.15, 0.2) is 0 Å². The van der Waals surface area contributed by atoms with Crippen molar-refractivity contribution in [1.29, 1.82) is 0 Å². The molecule has 2 nitrogen and oxygen atoms in total. The number of hydrogen-bond acceptors (Lipinski definition) is 2. The zero-order valence-electron chi connectivity index (χ0n) is 10.4. The molecule has 0 bridgehead atoms. The molecule has 0 saturated heterocycles. The Hall–Kier alpha value is -0.860. The highest BCUT2D eigenvalue weighted by Crippen LogP contribution is 2.42. The molecule has 2 aliphatic rings. The third kappa shape index (κ3) is 2.00. The summed E-state index contributed by atoms with van der Waals surface area (Å²) < 4.78 is 0. The molecule has 0 amide bonds. The molecule has 0 unspecified atom stereocenters. The van der Waals surface area contributed by atoms with Crippen molar-refractivity contribution in [1.82, 2.24) is 0 Å². The van der Waals surface area contributed by atoms with Gasteiger partial charge in [0, 0.05) is 12.1 Å². The van der Waals surface area contributed by atoms with Crippen molar-refractivity contribution >= 4 is 0 Å². The average molecular weight is 230 g/mol. The molecule has 92 valence electrons. The first-order chi connectivity index (χ1) is 8.20. The van der Waals surface area contributed by atoms with E-state index in [9.17, 15) is 0 Å². The molecule has 0 aliphatic heterocycles. The van der Waals surface area contributed by atoms with Crippen LogP contribution in [-0.4, -0.2) is 12.1 Å². The van der Waals surface area contributed by atoms with Crippen molar-refractivity contribution < 1.29 is 0 Å². The topological polar surface area (TPSA) is 52.0 Å². The van der Waals surface area contributed by atoms with E-state index in [0.29, 0.717) is 6.54 Å². The summed E-state index contributed by atoms with van der Waals surface area (Å²) in [5, 5.41) is 0. The van der Waals surface area contributed by atoms with Gasteiger partial charge in [0.25, 0.3) is 0 Å². The normalized spacial score (nSPS) is 36.1. The maximum absolute atomic E-state index is 6.36. The summed E-state index contributed by atoms with van der Waals surface area (Å²) in [4.78, 5) is 0. The zero-order chi connectivity index (χ0) is 11.9. The van der Waals surface area contributed by atoms with Gasteiger partial charge in [-0.25, -0.2) is 0 Å². The molecule has 1 aromatic carbocycles. The van der Waals surface area contributed by atoms with Crippen LogP contribution >= 0.6 is 0 Å². The minimum absolute atomic E-state index is 0.0898. The lowest BCUT2D eigenvalue weighted by Gasteiger charge is -2.44. The predicted molar refractivity (Wildman–Crippen MR) is 70.7 cm³/mol. The van der Waals surface area contributed by atoms with E-state index in [-0.39, 0.29) is 5.54 Å². The third-order valence-electron chi connectivity index (χ3n) is 4.84. The van der Waals surface area contributed by atoms with Gasteiger partial charge in [0.1, 0.15) is 0 Å². The zero-order valence-corrected chi connectivity index (χ0v) is 10.4. The molecule has 0 spiro atoms. The van der Waals surface area contributed by atoms with Crippen LogP contribution in [0.2, 0.25) is 0 Å². The fourth-order valence-corrected chi connectivity index (χ4v) is 3.71. The Morgan fingerprint density at radius 3 is 2.41 bits per heavy atom. The van der Waals surface area contributed by atoms with Gasteiger partial charge < -0.3 is 11.5 Å². The van der Waals surface area contributed by atoms with Gasteiger partial charge in [-0.05, 0) is 55.1 Å². The van der Waals surface area contributed by atoms with Crippen molar-refractivity contribution in [2.45, 2.75) is 37.6 Å². The van der Waals surface area contributed by atoms with Crippen molar-refractivity contribution in [2.75, 3.05) is 6.54 Å². The van der Waals surface area contributed by atoms with Gasteiger partial charge in [0.2, 0.25) is 0 Å². The lowest BCUT2D eigenvalue weighted by Crippen LogP contribution is -2.53. The molecule has 1 fully saturated rings. The van der Waals surface area contributed by atoms with Crippen LogP contribution in [0.1, 0.15) is 30.4 Å². The fraction of sp³-hybridized carbons (Fsp3) is 0.600. The van der Waals surface area contributed by atoms with E-state index in [2.05, 4.69) is 24.3 Å². The van der Waals surface area contributed by atoms with Gasteiger partial charge in [-0.2, -0.15) is 0 Å². The van der Waals surface area contributed by atoms with Crippen LogP contribution in [-0.2, 0) is 12.8 Å². The molecule has 2 heteroatoms. The predicted octanol–water partition coefficient (Wildman–Crippen LogP) is 1.86. The molecule has 2 aliphatic carbocycles. The van der Waals surface area contributed by atoms with E-state index >= 15 is 0 Å². The average Bonchev–Trinajstić information content (AvgIpc) is 2.36. The number of rotatable bonds is 1. The van der Waals surface area contributed by atoms with Crippen LogP contribution in [0.3, 0.4) is 0 Å². The molecule has 1 saturated carbocycles. The molecule has 3 rings (SSSR count). The van der Waals surface area contributed by atoms with Gasteiger partial charge in [0.05, 0.1) is 0 Å². The number of hydrogen-bond donors (Lipinski definition) is 2. The second kappa shape index (κ2) is 4.11. The first-order valence-electron chi connectivity index (χ1n) is 6.76. The Labute approximate surface area is 103 Å². The smallest absolute Gasteiger partial charge is 0.0281 e. The van der Waals surface area contributed by atoms with Crippen molar-refractivity contribution in [3.8, 4) is 0 Å². The van der Waals surface area contributed by atoms with Crippen molar-refractivity contribution in [2.24, 2.45) is 23.3 Å². The fourth-order valence-electron chi connectivity index (χ4n) is 3.71. The standard InChI is InChI=1S/C15H22N2/c16-10-15(17)6-5-13-7-11-3-1-2-4-12(11)8-14(13)9-15/h1-4,13-14H,5-10,16-17H2/t13-,14+,15+/m1/s1. The summed E-state index contributed by atoms with van der Waals surface area (Å²) in [7, 11) is 0. The minimum atomic E-state index is -0.0898. The van der Waals surface area contributed by atoms with Crippen LogP contribution in [0.5, 0.6) is 0 Å². The third-order valence-corrected chi connectivity index (χ3v) is 4.84. The number of benzene rings is 1. The molecule has 0 radical (unpaired) electrons. The highest BCUT2D eigenvalue weighted by Gasteiger charge is 2.39. The molecule has 1 aromatic rings. The van der Waals surface area contributed by atoms with E-state index in [1.54, 1.807) is 5.56 Å². The van der Waals surface area contributed by atoms with E-state index in [0.717, 1.165) is 24.7 Å². The van der Waals surface area contributed by atoms with E-state index in [1.165, 1.54) is 24.8 Å². The molecular weight excluding hydrogens is 208 g/mol. The van der Waals surface area contributed by atoms with Gasteiger partial charge in [-0.1, -0.05) is 24.3 Å². The van der Waals surface area contributed by atoms with E-state index < -0.39 is 0 Å². The van der Waals surface area contributed by atoms with E-state index in [1.807, 2.05) is 0 Å². The molecule has 17 heavy (non-hydrogen) atoms. The van der Waals surface area contributed by atoms with E-state index in [4.69, 9.17) is 11.5 Å².